The van der Waals surface area contributed by atoms with Gasteiger partial charge in [-0.25, -0.2) is 0 Å². The van der Waals surface area contributed by atoms with Crippen molar-refractivity contribution in [1.29, 1.82) is 0 Å². The van der Waals surface area contributed by atoms with Crippen molar-refractivity contribution in [1.82, 2.24) is 5.32 Å². The Labute approximate surface area is 122 Å². The zero-order valence-corrected chi connectivity index (χ0v) is 12.6. The fourth-order valence-electron chi connectivity index (χ4n) is 3.06. The summed E-state index contributed by atoms with van der Waals surface area (Å²) in [5.74, 6) is 0.787. The predicted molar refractivity (Wildman–Crippen MR) is 83.6 cm³/mol. The van der Waals surface area contributed by atoms with Crippen LogP contribution in [0.5, 0.6) is 0 Å². The number of nitrogens with one attached hydrogen (secondary N) is 2. The molecule has 0 bridgehead atoms. The van der Waals surface area contributed by atoms with Gasteiger partial charge in [0.1, 0.15) is 0 Å². The number of carbonyl (C=O) groups is 1. The predicted octanol–water partition coefficient (Wildman–Crippen LogP) is 3.70. The maximum absolute atomic E-state index is 11.2. The Morgan fingerprint density at radius 3 is 2.65 bits per heavy atom. The average Bonchev–Trinajstić information content (AvgIpc) is 2.46. The van der Waals surface area contributed by atoms with Crippen LogP contribution >= 0.6 is 0 Å². The average molecular weight is 274 g/mol. The van der Waals surface area contributed by atoms with E-state index in [2.05, 4.69) is 23.6 Å². The zero-order chi connectivity index (χ0) is 14.4. The highest BCUT2D eigenvalue weighted by Crippen LogP contribution is 2.26. The molecule has 1 aromatic rings. The molecule has 2 rings (SSSR count). The largest absolute Gasteiger partial charge is 0.326 e. The van der Waals surface area contributed by atoms with Crippen LogP contribution in [-0.4, -0.2) is 11.9 Å². The van der Waals surface area contributed by atoms with Crippen LogP contribution in [0.3, 0.4) is 0 Å². The van der Waals surface area contributed by atoms with Gasteiger partial charge in [0.25, 0.3) is 0 Å². The number of amides is 1. The SMILES string of the molecule is CC(=O)Nc1ccccc1CN[C@H](C)C1CCCCC1. The lowest BCUT2D eigenvalue weighted by Crippen LogP contribution is -2.34. The summed E-state index contributed by atoms with van der Waals surface area (Å²) < 4.78 is 0. The lowest BCUT2D eigenvalue weighted by Gasteiger charge is -2.28. The van der Waals surface area contributed by atoms with Gasteiger partial charge < -0.3 is 10.6 Å². The lowest BCUT2D eigenvalue weighted by molar-refractivity contribution is -0.114. The van der Waals surface area contributed by atoms with Crippen LogP contribution in [0.25, 0.3) is 0 Å². The molecular formula is C17H26N2O. The smallest absolute Gasteiger partial charge is 0.221 e. The maximum atomic E-state index is 11.2. The summed E-state index contributed by atoms with van der Waals surface area (Å²) in [6, 6.07) is 8.56. The number of rotatable bonds is 5. The minimum absolute atomic E-state index is 0.0159. The van der Waals surface area contributed by atoms with Crippen LogP contribution in [0.2, 0.25) is 0 Å². The van der Waals surface area contributed by atoms with E-state index in [4.69, 9.17) is 0 Å². The Kier molecular flexibility index (Phi) is 5.60. The molecule has 1 amide bonds. The number of hydrogen-bond donors (Lipinski definition) is 2. The van der Waals surface area contributed by atoms with Crippen molar-refractivity contribution in [3.63, 3.8) is 0 Å². The molecule has 0 aromatic heterocycles. The molecule has 20 heavy (non-hydrogen) atoms. The second kappa shape index (κ2) is 7.44. The van der Waals surface area contributed by atoms with Gasteiger partial charge in [-0.05, 0) is 37.3 Å². The molecule has 1 fully saturated rings. The van der Waals surface area contributed by atoms with Crippen molar-refractivity contribution in [2.24, 2.45) is 5.92 Å². The molecule has 0 spiro atoms. The Morgan fingerprint density at radius 1 is 1.25 bits per heavy atom. The van der Waals surface area contributed by atoms with Crippen molar-refractivity contribution in [2.75, 3.05) is 5.32 Å². The van der Waals surface area contributed by atoms with Gasteiger partial charge in [0.05, 0.1) is 0 Å². The number of carbonyl (C=O) groups excluding carboxylic acids is 1. The Hall–Kier alpha value is -1.35. The van der Waals surface area contributed by atoms with Crippen molar-refractivity contribution in [2.45, 2.75) is 58.5 Å². The minimum Gasteiger partial charge on any atom is -0.326 e. The molecule has 2 N–H and O–H groups in total. The molecule has 3 heteroatoms. The normalized spacial score (nSPS) is 17.7. The molecule has 1 saturated carbocycles. The van der Waals surface area contributed by atoms with Crippen molar-refractivity contribution in [3.8, 4) is 0 Å². The molecule has 1 aliphatic carbocycles. The summed E-state index contributed by atoms with van der Waals surface area (Å²) in [6.07, 6.45) is 6.84. The van der Waals surface area contributed by atoms with E-state index in [1.54, 1.807) is 6.92 Å². The van der Waals surface area contributed by atoms with Crippen LogP contribution in [0.15, 0.2) is 24.3 Å². The highest BCUT2D eigenvalue weighted by Gasteiger charge is 2.19. The molecule has 0 saturated heterocycles. The van der Waals surface area contributed by atoms with Crippen LogP contribution in [-0.2, 0) is 11.3 Å². The number of anilines is 1. The number of para-hydroxylation sites is 1. The first kappa shape index (κ1) is 15.0. The molecule has 3 nitrogen and oxygen atoms in total. The summed E-state index contributed by atoms with van der Waals surface area (Å²) in [4.78, 5) is 11.2. The van der Waals surface area contributed by atoms with Crippen molar-refractivity contribution < 1.29 is 4.79 Å². The fraction of sp³-hybridized carbons (Fsp3) is 0.588. The lowest BCUT2D eigenvalue weighted by atomic mass is 9.84. The van der Waals surface area contributed by atoms with Crippen LogP contribution in [0, 0.1) is 5.92 Å². The summed E-state index contributed by atoms with van der Waals surface area (Å²) in [7, 11) is 0. The fourth-order valence-corrected chi connectivity index (χ4v) is 3.06. The molecule has 0 unspecified atom stereocenters. The molecule has 1 aliphatic rings. The second-order valence-corrected chi connectivity index (χ2v) is 5.91. The molecule has 0 aliphatic heterocycles. The van der Waals surface area contributed by atoms with Gasteiger partial charge in [0.2, 0.25) is 5.91 Å². The Bertz CT molecular complexity index is 438. The summed E-state index contributed by atoms with van der Waals surface area (Å²) in [5.41, 5.74) is 2.08. The second-order valence-electron chi connectivity index (χ2n) is 5.91. The molecule has 0 radical (unpaired) electrons. The third kappa shape index (κ3) is 4.34. The quantitative estimate of drug-likeness (QED) is 0.859. The van der Waals surface area contributed by atoms with E-state index >= 15 is 0 Å². The van der Waals surface area contributed by atoms with E-state index < -0.39 is 0 Å². The van der Waals surface area contributed by atoms with Crippen LogP contribution < -0.4 is 10.6 Å². The standard InChI is InChI=1S/C17H26N2O/c1-13(15-8-4-3-5-9-15)18-12-16-10-6-7-11-17(16)19-14(2)20/h6-7,10-11,13,15,18H,3-5,8-9,12H2,1-2H3,(H,19,20)/t13-/m1/s1. The number of hydrogen-bond acceptors (Lipinski definition) is 2. The topological polar surface area (TPSA) is 41.1 Å². The van der Waals surface area contributed by atoms with E-state index in [1.807, 2.05) is 18.2 Å². The molecular weight excluding hydrogens is 248 g/mol. The van der Waals surface area contributed by atoms with Gasteiger partial charge in [0.15, 0.2) is 0 Å². The van der Waals surface area contributed by atoms with Crippen LogP contribution in [0.1, 0.15) is 51.5 Å². The molecule has 1 aromatic carbocycles. The van der Waals surface area contributed by atoms with Crippen molar-refractivity contribution in [3.05, 3.63) is 29.8 Å². The minimum atomic E-state index is -0.0159. The van der Waals surface area contributed by atoms with Gasteiger partial charge >= 0.3 is 0 Å². The monoisotopic (exact) mass is 274 g/mol. The Balaban J connectivity index is 1.91. The third-order valence-corrected chi connectivity index (χ3v) is 4.30. The van der Waals surface area contributed by atoms with Crippen molar-refractivity contribution >= 4 is 11.6 Å². The summed E-state index contributed by atoms with van der Waals surface area (Å²) >= 11 is 0. The van der Waals surface area contributed by atoms with Crippen LogP contribution in [0.4, 0.5) is 5.69 Å². The van der Waals surface area contributed by atoms with Gasteiger partial charge in [-0.1, -0.05) is 37.5 Å². The summed E-state index contributed by atoms with van der Waals surface area (Å²) in [5, 5.41) is 6.53. The van der Waals surface area contributed by atoms with E-state index in [1.165, 1.54) is 32.1 Å². The first-order valence-electron chi connectivity index (χ1n) is 7.75. The van der Waals surface area contributed by atoms with Gasteiger partial charge in [-0.2, -0.15) is 0 Å². The zero-order valence-electron chi connectivity index (χ0n) is 12.6. The van der Waals surface area contributed by atoms with Gasteiger partial charge in [0, 0.05) is 25.2 Å². The first-order chi connectivity index (χ1) is 9.66. The highest BCUT2D eigenvalue weighted by atomic mass is 16.1. The van der Waals surface area contributed by atoms with Gasteiger partial charge in [-0.15, -0.1) is 0 Å². The van der Waals surface area contributed by atoms with Gasteiger partial charge in [-0.3, -0.25) is 4.79 Å². The van der Waals surface area contributed by atoms with E-state index in [-0.39, 0.29) is 5.91 Å². The molecule has 1 atom stereocenters. The Morgan fingerprint density at radius 2 is 1.95 bits per heavy atom. The maximum Gasteiger partial charge on any atom is 0.221 e. The highest BCUT2D eigenvalue weighted by molar-refractivity contribution is 5.89. The first-order valence-corrected chi connectivity index (χ1v) is 7.75. The van der Waals surface area contributed by atoms with E-state index in [0.29, 0.717) is 6.04 Å². The third-order valence-electron chi connectivity index (χ3n) is 4.30. The van der Waals surface area contributed by atoms with E-state index in [0.717, 1.165) is 23.7 Å². The van der Waals surface area contributed by atoms with E-state index in [9.17, 15) is 4.79 Å². The molecule has 0 heterocycles. The summed E-state index contributed by atoms with van der Waals surface area (Å²) in [6.45, 7) is 4.65. The molecule has 110 valence electrons. The number of benzene rings is 1.